The van der Waals surface area contributed by atoms with E-state index in [9.17, 15) is 9.59 Å². The second-order valence-corrected chi connectivity index (χ2v) is 9.67. The fraction of sp³-hybridized carbons (Fsp3) is 0.440. The van der Waals surface area contributed by atoms with E-state index in [0.29, 0.717) is 11.3 Å². The predicted molar refractivity (Wildman–Crippen MR) is 123 cm³/mol. The van der Waals surface area contributed by atoms with Crippen molar-refractivity contribution in [2.75, 3.05) is 26.2 Å². The van der Waals surface area contributed by atoms with Gasteiger partial charge in [0, 0.05) is 43.6 Å². The molecule has 0 N–H and O–H groups in total. The summed E-state index contributed by atoms with van der Waals surface area (Å²) < 4.78 is 0. The quantitative estimate of drug-likeness (QED) is 0.667. The first kappa shape index (κ1) is 20.5. The Labute approximate surface area is 187 Å². The van der Waals surface area contributed by atoms with E-state index in [1.807, 2.05) is 23.6 Å². The number of imide groups is 1. The number of likely N-dealkylation sites (tertiary alicyclic amines) is 2. The van der Waals surface area contributed by atoms with E-state index in [2.05, 4.69) is 34.1 Å². The third-order valence-electron chi connectivity index (χ3n) is 6.70. The van der Waals surface area contributed by atoms with Crippen molar-refractivity contribution in [2.24, 2.45) is 0 Å². The van der Waals surface area contributed by atoms with Crippen molar-refractivity contribution in [3.63, 3.8) is 0 Å². The molecule has 0 aliphatic carbocycles. The number of carbonyl (C=O) groups is 2. The topological polar surface area (TPSA) is 43.9 Å². The van der Waals surface area contributed by atoms with Crippen molar-refractivity contribution in [2.45, 2.75) is 44.7 Å². The van der Waals surface area contributed by atoms with Crippen LogP contribution in [0, 0.1) is 0 Å². The number of carbonyl (C=O) groups excluding carboxylic acids is 2. The second kappa shape index (κ2) is 8.97. The van der Waals surface area contributed by atoms with Crippen molar-refractivity contribution < 1.29 is 9.59 Å². The van der Waals surface area contributed by atoms with Crippen LogP contribution in [0.25, 0.3) is 5.57 Å². The molecule has 1 aromatic heterocycles. The van der Waals surface area contributed by atoms with Gasteiger partial charge in [-0.15, -0.1) is 11.3 Å². The maximum atomic E-state index is 13.6. The van der Waals surface area contributed by atoms with Crippen LogP contribution in [0.2, 0.25) is 0 Å². The Morgan fingerprint density at radius 1 is 0.839 bits per heavy atom. The van der Waals surface area contributed by atoms with Crippen LogP contribution in [0.15, 0.2) is 53.5 Å². The number of piperidine rings is 2. The summed E-state index contributed by atoms with van der Waals surface area (Å²) in [7, 11) is 0. The minimum absolute atomic E-state index is 0.00993. The maximum Gasteiger partial charge on any atom is 0.278 e. The summed E-state index contributed by atoms with van der Waals surface area (Å²) in [6.45, 7) is 4.47. The molecule has 5 rings (SSSR count). The van der Waals surface area contributed by atoms with Gasteiger partial charge in [-0.1, -0.05) is 36.4 Å². The summed E-state index contributed by atoms with van der Waals surface area (Å²) in [5.74, 6) is -0.161. The molecule has 162 valence electrons. The van der Waals surface area contributed by atoms with E-state index in [-0.39, 0.29) is 17.9 Å². The van der Waals surface area contributed by atoms with Crippen molar-refractivity contribution in [1.82, 2.24) is 14.7 Å². The Balaban J connectivity index is 1.33. The van der Waals surface area contributed by atoms with Crippen LogP contribution in [0.3, 0.4) is 0 Å². The average molecular weight is 436 g/mol. The fourth-order valence-corrected chi connectivity index (χ4v) is 5.86. The zero-order valence-electron chi connectivity index (χ0n) is 17.8. The second-order valence-electron chi connectivity index (χ2n) is 8.72. The first-order valence-corrected chi connectivity index (χ1v) is 12.3. The number of hydrogen-bond donors (Lipinski definition) is 0. The molecule has 0 atom stereocenters. The largest absolute Gasteiger partial charge is 0.366 e. The Morgan fingerprint density at radius 2 is 1.58 bits per heavy atom. The maximum absolute atomic E-state index is 13.6. The molecule has 2 fully saturated rings. The van der Waals surface area contributed by atoms with Gasteiger partial charge in [0.1, 0.15) is 5.70 Å². The molecule has 3 aliphatic heterocycles. The normalized spacial score (nSPS) is 21.4. The zero-order valence-corrected chi connectivity index (χ0v) is 18.7. The Morgan fingerprint density at radius 3 is 2.26 bits per heavy atom. The van der Waals surface area contributed by atoms with E-state index < -0.39 is 0 Å². The molecule has 31 heavy (non-hydrogen) atoms. The van der Waals surface area contributed by atoms with Gasteiger partial charge in [-0.2, -0.15) is 0 Å². The molecule has 2 amide bonds. The number of amides is 2. The van der Waals surface area contributed by atoms with Crippen molar-refractivity contribution >= 4 is 28.7 Å². The van der Waals surface area contributed by atoms with Crippen LogP contribution in [0.4, 0.5) is 0 Å². The van der Waals surface area contributed by atoms with E-state index >= 15 is 0 Å². The van der Waals surface area contributed by atoms with Crippen LogP contribution >= 0.6 is 11.3 Å². The predicted octanol–water partition coefficient (Wildman–Crippen LogP) is 3.98. The SMILES string of the molecule is O=C1C(c2cccs2)=C(N2CCCCC2)C(=O)N1C1CCN(Cc2ccccc2)CC1. The highest BCUT2D eigenvalue weighted by atomic mass is 32.1. The molecule has 4 heterocycles. The zero-order chi connectivity index (χ0) is 21.2. The van der Waals surface area contributed by atoms with Gasteiger partial charge in [0.25, 0.3) is 11.8 Å². The molecule has 0 spiro atoms. The number of thiophene rings is 1. The fourth-order valence-electron chi connectivity index (χ4n) is 5.10. The molecule has 2 aromatic rings. The number of nitrogens with zero attached hydrogens (tertiary/aromatic N) is 3. The number of benzene rings is 1. The smallest absolute Gasteiger partial charge is 0.278 e. The third-order valence-corrected chi connectivity index (χ3v) is 7.59. The van der Waals surface area contributed by atoms with Gasteiger partial charge < -0.3 is 4.90 Å². The minimum Gasteiger partial charge on any atom is -0.366 e. The summed E-state index contributed by atoms with van der Waals surface area (Å²) in [5, 5.41) is 1.98. The molecule has 6 heteroatoms. The third kappa shape index (κ3) is 4.06. The lowest BCUT2D eigenvalue weighted by Gasteiger charge is -2.36. The van der Waals surface area contributed by atoms with Crippen LogP contribution in [-0.2, 0) is 16.1 Å². The molecular formula is C25H29N3O2S. The standard InChI is InChI=1S/C25H29N3O2S/c29-24-22(21-10-7-17-31-21)23(27-13-5-2-6-14-27)25(30)28(24)20-11-15-26(16-12-20)18-19-8-3-1-4-9-19/h1,3-4,7-10,17,20H,2,5-6,11-16,18H2. The van der Waals surface area contributed by atoms with Gasteiger partial charge in [0.2, 0.25) is 0 Å². The Hall–Kier alpha value is -2.44. The van der Waals surface area contributed by atoms with Gasteiger partial charge in [-0.25, -0.2) is 0 Å². The summed E-state index contributed by atoms with van der Waals surface area (Å²) in [6.07, 6.45) is 5.05. The Bertz CT molecular complexity index is 956. The van der Waals surface area contributed by atoms with Crippen LogP contribution < -0.4 is 0 Å². The van der Waals surface area contributed by atoms with Crippen LogP contribution in [0.1, 0.15) is 42.5 Å². The molecule has 0 bridgehead atoms. The molecule has 2 saturated heterocycles. The highest BCUT2D eigenvalue weighted by Gasteiger charge is 2.45. The van der Waals surface area contributed by atoms with E-state index in [1.165, 1.54) is 12.0 Å². The molecular weight excluding hydrogens is 406 g/mol. The summed E-state index contributed by atoms with van der Waals surface area (Å²) in [4.78, 5) is 34.3. The van der Waals surface area contributed by atoms with Crippen LogP contribution in [-0.4, -0.2) is 58.7 Å². The summed E-state index contributed by atoms with van der Waals surface area (Å²) in [5.41, 5.74) is 2.59. The summed E-state index contributed by atoms with van der Waals surface area (Å²) in [6, 6.07) is 14.4. The van der Waals surface area contributed by atoms with Crippen molar-refractivity contribution in [3.8, 4) is 0 Å². The highest BCUT2D eigenvalue weighted by Crippen LogP contribution is 2.37. The molecule has 0 saturated carbocycles. The van der Waals surface area contributed by atoms with Gasteiger partial charge in [0.15, 0.2) is 0 Å². The van der Waals surface area contributed by atoms with E-state index in [0.717, 1.165) is 63.3 Å². The van der Waals surface area contributed by atoms with Crippen molar-refractivity contribution in [3.05, 3.63) is 64.0 Å². The first-order valence-electron chi connectivity index (χ1n) is 11.4. The molecule has 3 aliphatic rings. The lowest BCUT2D eigenvalue weighted by atomic mass is 10.0. The number of hydrogen-bond acceptors (Lipinski definition) is 5. The molecule has 5 nitrogen and oxygen atoms in total. The van der Waals surface area contributed by atoms with Gasteiger partial charge >= 0.3 is 0 Å². The average Bonchev–Trinajstić information content (AvgIpc) is 3.42. The first-order chi connectivity index (χ1) is 15.2. The molecule has 0 radical (unpaired) electrons. The summed E-state index contributed by atoms with van der Waals surface area (Å²) >= 11 is 1.55. The monoisotopic (exact) mass is 435 g/mol. The minimum atomic E-state index is -0.0884. The van der Waals surface area contributed by atoms with E-state index in [4.69, 9.17) is 0 Å². The molecule has 0 unspecified atom stereocenters. The highest BCUT2D eigenvalue weighted by molar-refractivity contribution is 7.11. The lowest BCUT2D eigenvalue weighted by Crippen LogP contribution is -2.48. The number of rotatable bonds is 5. The van der Waals surface area contributed by atoms with E-state index in [1.54, 1.807) is 16.2 Å². The van der Waals surface area contributed by atoms with Crippen molar-refractivity contribution in [1.29, 1.82) is 0 Å². The Kier molecular flexibility index (Phi) is 5.92. The van der Waals surface area contributed by atoms with Gasteiger partial charge in [0.05, 0.1) is 5.57 Å². The van der Waals surface area contributed by atoms with Crippen LogP contribution in [0.5, 0.6) is 0 Å². The van der Waals surface area contributed by atoms with Gasteiger partial charge in [-0.3, -0.25) is 19.4 Å². The molecule has 1 aromatic carbocycles. The van der Waals surface area contributed by atoms with Gasteiger partial charge in [-0.05, 0) is 49.1 Å². The lowest BCUT2D eigenvalue weighted by molar-refractivity contribution is -0.141.